The molecule has 3 heteroatoms. The molecule has 1 N–H and O–H groups in total. The number of para-hydroxylation sites is 1. The Bertz CT molecular complexity index is 294. The van der Waals surface area contributed by atoms with E-state index in [1.165, 1.54) is 0 Å². The van der Waals surface area contributed by atoms with E-state index in [1.54, 1.807) is 0 Å². The van der Waals surface area contributed by atoms with Crippen LogP contribution in [0.1, 0.15) is 19.4 Å². The van der Waals surface area contributed by atoms with Crippen LogP contribution in [0, 0.1) is 6.92 Å². The molecule has 2 nitrogen and oxygen atoms in total. The molecule has 0 saturated carbocycles. The number of aryl methyl sites for hydroxylation is 1. The maximum absolute atomic E-state index is 6.10. The van der Waals surface area contributed by atoms with E-state index in [0.717, 1.165) is 22.9 Å². The summed E-state index contributed by atoms with van der Waals surface area (Å²) in [6.45, 7) is 7.56. The Labute approximate surface area is 96.6 Å². The topological polar surface area (TPSA) is 21.3 Å². The van der Waals surface area contributed by atoms with Crippen LogP contribution in [-0.4, -0.2) is 19.3 Å². The summed E-state index contributed by atoms with van der Waals surface area (Å²) in [6, 6.07) is 6.16. The molecule has 84 valence electrons. The van der Waals surface area contributed by atoms with Gasteiger partial charge in [0.1, 0.15) is 0 Å². The van der Waals surface area contributed by atoms with E-state index in [0.29, 0.717) is 6.61 Å². The van der Waals surface area contributed by atoms with Crippen molar-refractivity contribution in [2.75, 3.05) is 18.5 Å². The van der Waals surface area contributed by atoms with Crippen molar-refractivity contribution in [3.63, 3.8) is 0 Å². The zero-order chi connectivity index (χ0) is 11.3. The van der Waals surface area contributed by atoms with Crippen molar-refractivity contribution in [2.45, 2.75) is 26.8 Å². The van der Waals surface area contributed by atoms with Crippen LogP contribution in [0.25, 0.3) is 0 Å². The molecule has 0 aromatic heterocycles. The van der Waals surface area contributed by atoms with Gasteiger partial charge in [-0.05, 0) is 32.4 Å². The minimum atomic E-state index is 0.267. The summed E-state index contributed by atoms with van der Waals surface area (Å²) in [6.07, 6.45) is 0. The summed E-state index contributed by atoms with van der Waals surface area (Å²) in [5, 5.41) is 4.12. The van der Waals surface area contributed by atoms with Gasteiger partial charge in [-0.25, -0.2) is 0 Å². The Morgan fingerprint density at radius 3 is 2.80 bits per heavy atom. The number of hydrogen-bond donors (Lipinski definition) is 1. The normalized spacial score (nSPS) is 12.5. The van der Waals surface area contributed by atoms with Crippen LogP contribution in [0.15, 0.2) is 18.2 Å². The van der Waals surface area contributed by atoms with Crippen LogP contribution in [-0.2, 0) is 4.74 Å². The molecule has 0 spiro atoms. The van der Waals surface area contributed by atoms with E-state index in [4.69, 9.17) is 16.3 Å². The van der Waals surface area contributed by atoms with Crippen LogP contribution >= 0.6 is 11.6 Å². The smallest absolute Gasteiger partial charge is 0.0664 e. The molecule has 1 aromatic carbocycles. The van der Waals surface area contributed by atoms with Gasteiger partial charge in [0.2, 0.25) is 0 Å². The molecule has 0 saturated heterocycles. The lowest BCUT2D eigenvalue weighted by molar-refractivity contribution is 0.141. The van der Waals surface area contributed by atoms with Crippen molar-refractivity contribution in [2.24, 2.45) is 0 Å². The second kappa shape index (κ2) is 5.99. The number of ether oxygens (including phenoxy) is 1. The highest BCUT2D eigenvalue weighted by molar-refractivity contribution is 6.33. The Hall–Kier alpha value is -0.730. The molecule has 0 aliphatic rings. The third-order valence-electron chi connectivity index (χ3n) is 2.18. The first-order chi connectivity index (χ1) is 7.15. The van der Waals surface area contributed by atoms with Crippen LogP contribution in [0.4, 0.5) is 5.69 Å². The van der Waals surface area contributed by atoms with Gasteiger partial charge in [0.25, 0.3) is 0 Å². The first-order valence-electron chi connectivity index (χ1n) is 5.24. The zero-order valence-corrected chi connectivity index (χ0v) is 10.3. The highest BCUT2D eigenvalue weighted by atomic mass is 35.5. The van der Waals surface area contributed by atoms with Gasteiger partial charge in [-0.3, -0.25) is 0 Å². The lowest BCUT2D eigenvalue weighted by atomic mass is 10.2. The minimum Gasteiger partial charge on any atom is -0.380 e. The molecule has 15 heavy (non-hydrogen) atoms. The third-order valence-corrected chi connectivity index (χ3v) is 2.50. The Morgan fingerprint density at radius 2 is 2.20 bits per heavy atom. The van der Waals surface area contributed by atoms with Crippen LogP contribution in [0.2, 0.25) is 5.02 Å². The number of rotatable bonds is 5. The van der Waals surface area contributed by atoms with Gasteiger partial charge >= 0.3 is 0 Å². The molecule has 0 aliphatic carbocycles. The van der Waals surface area contributed by atoms with Crippen molar-refractivity contribution in [1.29, 1.82) is 0 Å². The predicted molar refractivity (Wildman–Crippen MR) is 65.8 cm³/mol. The fourth-order valence-corrected chi connectivity index (χ4v) is 1.67. The van der Waals surface area contributed by atoms with Crippen LogP contribution in [0.5, 0.6) is 0 Å². The molecule has 0 fully saturated rings. The first kappa shape index (κ1) is 12.3. The average molecular weight is 228 g/mol. The Balaban J connectivity index is 2.63. The Kier molecular flexibility index (Phi) is 4.92. The zero-order valence-electron chi connectivity index (χ0n) is 9.51. The standard InChI is InChI=1S/C12H18ClNO/c1-4-15-8-10(3)14-12-9(2)6-5-7-11(12)13/h5-7,10,14H,4,8H2,1-3H3. The molecule has 1 unspecified atom stereocenters. The fourth-order valence-electron chi connectivity index (χ4n) is 1.40. The predicted octanol–water partition coefficient (Wildman–Crippen LogP) is 3.49. The fraction of sp³-hybridized carbons (Fsp3) is 0.500. The first-order valence-corrected chi connectivity index (χ1v) is 5.62. The number of benzene rings is 1. The van der Waals surface area contributed by atoms with E-state index in [9.17, 15) is 0 Å². The lowest BCUT2D eigenvalue weighted by Crippen LogP contribution is -2.22. The van der Waals surface area contributed by atoms with Crippen molar-refractivity contribution in [1.82, 2.24) is 0 Å². The molecule has 0 aliphatic heterocycles. The molecule has 0 amide bonds. The van der Waals surface area contributed by atoms with E-state index < -0.39 is 0 Å². The average Bonchev–Trinajstić information content (AvgIpc) is 2.21. The van der Waals surface area contributed by atoms with Gasteiger partial charge in [0.15, 0.2) is 0 Å². The van der Waals surface area contributed by atoms with E-state index in [1.807, 2.05) is 32.0 Å². The molecule has 1 atom stereocenters. The number of nitrogens with one attached hydrogen (secondary N) is 1. The van der Waals surface area contributed by atoms with Crippen molar-refractivity contribution in [3.8, 4) is 0 Å². The molecule has 0 bridgehead atoms. The third kappa shape index (κ3) is 3.73. The Morgan fingerprint density at radius 1 is 1.47 bits per heavy atom. The van der Waals surface area contributed by atoms with Crippen molar-refractivity contribution < 1.29 is 4.74 Å². The SMILES string of the molecule is CCOCC(C)Nc1c(C)cccc1Cl. The molecule has 1 rings (SSSR count). The minimum absolute atomic E-state index is 0.267. The summed E-state index contributed by atoms with van der Waals surface area (Å²) in [5.74, 6) is 0. The monoisotopic (exact) mass is 227 g/mol. The molecular formula is C12H18ClNO. The summed E-state index contributed by atoms with van der Waals surface area (Å²) >= 11 is 6.10. The lowest BCUT2D eigenvalue weighted by Gasteiger charge is -2.17. The number of halogens is 1. The summed E-state index contributed by atoms with van der Waals surface area (Å²) in [4.78, 5) is 0. The van der Waals surface area contributed by atoms with Gasteiger partial charge < -0.3 is 10.1 Å². The number of anilines is 1. The second-order valence-electron chi connectivity index (χ2n) is 3.64. The molecule has 0 radical (unpaired) electrons. The molecule has 1 aromatic rings. The van der Waals surface area contributed by atoms with E-state index in [2.05, 4.69) is 12.2 Å². The van der Waals surface area contributed by atoms with Gasteiger partial charge in [0, 0.05) is 12.6 Å². The summed E-state index contributed by atoms with van der Waals surface area (Å²) in [5.41, 5.74) is 2.16. The second-order valence-corrected chi connectivity index (χ2v) is 4.04. The largest absolute Gasteiger partial charge is 0.380 e. The molecular weight excluding hydrogens is 210 g/mol. The van der Waals surface area contributed by atoms with Gasteiger partial charge in [0.05, 0.1) is 17.3 Å². The van der Waals surface area contributed by atoms with Crippen LogP contribution < -0.4 is 5.32 Å². The van der Waals surface area contributed by atoms with Crippen LogP contribution in [0.3, 0.4) is 0 Å². The van der Waals surface area contributed by atoms with Gasteiger partial charge in [-0.1, -0.05) is 23.7 Å². The maximum atomic E-state index is 6.10. The highest BCUT2D eigenvalue weighted by Gasteiger charge is 2.07. The highest BCUT2D eigenvalue weighted by Crippen LogP contribution is 2.25. The quantitative estimate of drug-likeness (QED) is 0.832. The van der Waals surface area contributed by atoms with Crippen molar-refractivity contribution >= 4 is 17.3 Å². The molecule has 0 heterocycles. The maximum Gasteiger partial charge on any atom is 0.0664 e. The van der Waals surface area contributed by atoms with Gasteiger partial charge in [-0.2, -0.15) is 0 Å². The van der Waals surface area contributed by atoms with E-state index in [-0.39, 0.29) is 6.04 Å². The van der Waals surface area contributed by atoms with Gasteiger partial charge in [-0.15, -0.1) is 0 Å². The van der Waals surface area contributed by atoms with E-state index >= 15 is 0 Å². The number of hydrogen-bond acceptors (Lipinski definition) is 2. The summed E-state index contributed by atoms with van der Waals surface area (Å²) in [7, 11) is 0. The van der Waals surface area contributed by atoms with Crippen molar-refractivity contribution in [3.05, 3.63) is 28.8 Å². The summed E-state index contributed by atoms with van der Waals surface area (Å²) < 4.78 is 5.34.